The Hall–Kier alpha value is -1.62. The third-order valence-corrected chi connectivity index (χ3v) is 3.11. The smallest absolute Gasteiger partial charge is 0.0853 e. The summed E-state index contributed by atoms with van der Waals surface area (Å²) in [4.78, 5) is 0. The van der Waals surface area contributed by atoms with E-state index in [0.29, 0.717) is 12.6 Å². The molecule has 20 heavy (non-hydrogen) atoms. The first-order valence-corrected chi connectivity index (χ1v) is 7.15. The number of hydrogen-bond acceptors (Lipinski definition) is 3. The van der Waals surface area contributed by atoms with Crippen molar-refractivity contribution in [1.29, 1.82) is 0 Å². The Morgan fingerprint density at radius 1 is 1.25 bits per heavy atom. The molecule has 0 aromatic carbocycles. The van der Waals surface area contributed by atoms with Gasteiger partial charge in [0.2, 0.25) is 0 Å². The van der Waals surface area contributed by atoms with Crippen molar-refractivity contribution >= 4 is 0 Å². The van der Waals surface area contributed by atoms with Gasteiger partial charge >= 0.3 is 0 Å². The first-order chi connectivity index (χ1) is 9.35. The molecule has 110 valence electrons. The minimum Gasteiger partial charge on any atom is -0.306 e. The number of nitrogens with one attached hydrogen (secondary N) is 1. The minimum atomic E-state index is 0.105. The van der Waals surface area contributed by atoms with Crippen molar-refractivity contribution in [3.63, 3.8) is 0 Å². The predicted octanol–water partition coefficient (Wildman–Crippen LogP) is 2.60. The van der Waals surface area contributed by atoms with Gasteiger partial charge in [0.25, 0.3) is 0 Å². The minimum absolute atomic E-state index is 0.105. The van der Waals surface area contributed by atoms with E-state index in [1.807, 2.05) is 21.8 Å². The number of rotatable bonds is 5. The van der Waals surface area contributed by atoms with Crippen molar-refractivity contribution in [2.24, 2.45) is 0 Å². The van der Waals surface area contributed by atoms with Gasteiger partial charge < -0.3 is 5.32 Å². The maximum atomic E-state index is 4.57. The third kappa shape index (κ3) is 3.93. The molecule has 0 bridgehead atoms. The zero-order chi connectivity index (χ0) is 14.8. The summed E-state index contributed by atoms with van der Waals surface area (Å²) >= 11 is 0. The Kier molecular flexibility index (Phi) is 4.28. The second-order valence-corrected chi connectivity index (χ2v) is 6.46. The molecule has 0 aliphatic carbocycles. The number of nitrogens with zero attached hydrogens (tertiary/aromatic N) is 4. The summed E-state index contributed by atoms with van der Waals surface area (Å²) in [6, 6.07) is 4.50. The van der Waals surface area contributed by atoms with Gasteiger partial charge in [-0.15, -0.1) is 0 Å². The number of hydrogen-bond donors (Lipinski definition) is 1. The predicted molar refractivity (Wildman–Crippen MR) is 80.5 cm³/mol. The highest BCUT2D eigenvalue weighted by Crippen LogP contribution is 2.08. The van der Waals surface area contributed by atoms with Crippen LogP contribution in [0.25, 0.3) is 0 Å². The van der Waals surface area contributed by atoms with Crippen molar-refractivity contribution < 1.29 is 0 Å². The molecule has 0 fully saturated rings. The van der Waals surface area contributed by atoms with Crippen LogP contribution in [-0.4, -0.2) is 25.1 Å². The molecule has 0 spiro atoms. The molecule has 0 atom stereocenters. The first-order valence-electron chi connectivity index (χ1n) is 7.15. The van der Waals surface area contributed by atoms with Gasteiger partial charge in [-0.05, 0) is 46.8 Å². The van der Waals surface area contributed by atoms with E-state index >= 15 is 0 Å². The monoisotopic (exact) mass is 275 g/mol. The van der Waals surface area contributed by atoms with Crippen LogP contribution in [0.2, 0.25) is 0 Å². The first kappa shape index (κ1) is 14.8. The summed E-state index contributed by atoms with van der Waals surface area (Å²) in [5, 5.41) is 12.5. The van der Waals surface area contributed by atoms with Gasteiger partial charge in [0.05, 0.1) is 17.9 Å². The summed E-state index contributed by atoms with van der Waals surface area (Å²) in [6.07, 6.45) is 3.87. The fourth-order valence-corrected chi connectivity index (χ4v) is 1.91. The average Bonchev–Trinajstić information content (AvgIpc) is 2.95. The van der Waals surface area contributed by atoms with E-state index in [1.54, 1.807) is 0 Å². The van der Waals surface area contributed by atoms with Crippen molar-refractivity contribution in [3.8, 4) is 0 Å². The van der Waals surface area contributed by atoms with Gasteiger partial charge in [0.1, 0.15) is 0 Å². The average molecular weight is 275 g/mol. The highest BCUT2D eigenvalue weighted by atomic mass is 15.3. The third-order valence-electron chi connectivity index (χ3n) is 3.11. The molecule has 2 heterocycles. The lowest BCUT2D eigenvalue weighted by Gasteiger charge is -2.20. The summed E-state index contributed by atoms with van der Waals surface area (Å²) in [7, 11) is 0. The molecule has 2 aromatic rings. The van der Waals surface area contributed by atoms with Crippen LogP contribution >= 0.6 is 0 Å². The topological polar surface area (TPSA) is 47.7 Å². The molecule has 1 N–H and O–H groups in total. The van der Waals surface area contributed by atoms with Gasteiger partial charge in [-0.25, -0.2) is 0 Å². The van der Waals surface area contributed by atoms with Crippen LogP contribution in [-0.2, 0) is 13.1 Å². The lowest BCUT2D eigenvalue weighted by Crippen LogP contribution is -2.35. The zero-order valence-corrected chi connectivity index (χ0v) is 13.1. The molecule has 2 rings (SSSR count). The lowest BCUT2D eigenvalue weighted by molar-refractivity contribution is 0.413. The zero-order valence-electron chi connectivity index (χ0n) is 13.1. The van der Waals surface area contributed by atoms with Gasteiger partial charge in [-0.1, -0.05) is 0 Å². The molecule has 0 amide bonds. The van der Waals surface area contributed by atoms with Crippen LogP contribution in [0.4, 0.5) is 0 Å². The summed E-state index contributed by atoms with van der Waals surface area (Å²) in [5.74, 6) is 0. The van der Waals surface area contributed by atoms with Crippen LogP contribution < -0.4 is 5.32 Å². The molecule has 0 aliphatic heterocycles. The van der Waals surface area contributed by atoms with Crippen molar-refractivity contribution in [2.75, 3.05) is 0 Å². The molecule has 5 heteroatoms. The standard InChI is InChI=1S/C15H25N5/c1-12(2)19-9-7-13(18-19)11-20-14(6-8-17-20)10-16-15(3,4)5/h6-9,12,16H,10-11H2,1-5H3. The molecular formula is C15H25N5. The van der Waals surface area contributed by atoms with E-state index in [0.717, 1.165) is 12.2 Å². The Morgan fingerprint density at radius 2 is 2.00 bits per heavy atom. The molecule has 0 unspecified atom stereocenters. The quantitative estimate of drug-likeness (QED) is 0.912. The molecular weight excluding hydrogens is 250 g/mol. The second kappa shape index (κ2) is 5.79. The highest BCUT2D eigenvalue weighted by molar-refractivity contribution is 5.06. The van der Waals surface area contributed by atoms with Crippen molar-refractivity contribution in [1.82, 2.24) is 24.9 Å². The van der Waals surface area contributed by atoms with Gasteiger partial charge in [0, 0.05) is 30.5 Å². The van der Waals surface area contributed by atoms with Crippen molar-refractivity contribution in [2.45, 2.75) is 59.3 Å². The van der Waals surface area contributed by atoms with Crippen LogP contribution in [0.3, 0.4) is 0 Å². The van der Waals surface area contributed by atoms with E-state index in [-0.39, 0.29) is 5.54 Å². The molecule has 0 aliphatic rings. The van der Waals surface area contributed by atoms with Crippen LogP contribution in [0.1, 0.15) is 52.0 Å². The van der Waals surface area contributed by atoms with Crippen LogP contribution in [0.15, 0.2) is 24.5 Å². The van der Waals surface area contributed by atoms with E-state index in [4.69, 9.17) is 0 Å². The van der Waals surface area contributed by atoms with E-state index in [1.165, 1.54) is 5.69 Å². The van der Waals surface area contributed by atoms with Crippen molar-refractivity contribution in [3.05, 3.63) is 35.9 Å². The largest absolute Gasteiger partial charge is 0.306 e. The Labute approximate surface area is 121 Å². The maximum Gasteiger partial charge on any atom is 0.0853 e. The van der Waals surface area contributed by atoms with E-state index in [9.17, 15) is 0 Å². The molecule has 0 saturated heterocycles. The summed E-state index contributed by atoms with van der Waals surface area (Å²) < 4.78 is 3.98. The van der Waals surface area contributed by atoms with Gasteiger partial charge in [-0.3, -0.25) is 9.36 Å². The number of aromatic nitrogens is 4. The Balaban J connectivity index is 2.04. The maximum absolute atomic E-state index is 4.57. The van der Waals surface area contributed by atoms with Gasteiger partial charge in [0.15, 0.2) is 0 Å². The molecule has 0 saturated carbocycles. The van der Waals surface area contributed by atoms with Gasteiger partial charge in [-0.2, -0.15) is 10.2 Å². The van der Waals surface area contributed by atoms with E-state index in [2.05, 4.69) is 62.3 Å². The molecule has 0 radical (unpaired) electrons. The molecule has 2 aromatic heterocycles. The van der Waals surface area contributed by atoms with E-state index < -0.39 is 0 Å². The molecule has 5 nitrogen and oxygen atoms in total. The normalized spacial score (nSPS) is 12.3. The summed E-state index contributed by atoms with van der Waals surface area (Å²) in [6.45, 7) is 12.3. The van der Waals surface area contributed by atoms with Crippen LogP contribution in [0.5, 0.6) is 0 Å². The Morgan fingerprint density at radius 3 is 2.60 bits per heavy atom. The Bertz CT molecular complexity index is 545. The SMILES string of the molecule is CC(C)n1ccc(Cn2nccc2CNC(C)(C)C)n1. The highest BCUT2D eigenvalue weighted by Gasteiger charge is 2.11. The second-order valence-electron chi connectivity index (χ2n) is 6.46. The fourth-order valence-electron chi connectivity index (χ4n) is 1.91. The van der Waals surface area contributed by atoms with Crippen LogP contribution in [0, 0.1) is 0 Å². The lowest BCUT2D eigenvalue weighted by atomic mass is 10.1. The fraction of sp³-hybridized carbons (Fsp3) is 0.600. The summed E-state index contributed by atoms with van der Waals surface area (Å²) in [5.41, 5.74) is 2.33.